The Morgan fingerprint density at radius 3 is 2.67 bits per heavy atom. The van der Waals surface area contributed by atoms with Crippen LogP contribution in [0, 0.1) is 5.92 Å². The maximum Gasteiger partial charge on any atom is 0.279 e. The second kappa shape index (κ2) is 4.35. The van der Waals surface area contributed by atoms with Gasteiger partial charge in [0.2, 0.25) is 0 Å². The molecule has 18 heavy (non-hydrogen) atoms. The van der Waals surface area contributed by atoms with E-state index in [-0.39, 0.29) is 5.56 Å². The first-order valence-electron chi connectivity index (χ1n) is 6.25. The third kappa shape index (κ3) is 1.81. The first kappa shape index (κ1) is 11.7. The van der Waals surface area contributed by atoms with Gasteiger partial charge >= 0.3 is 0 Å². The van der Waals surface area contributed by atoms with Crippen molar-refractivity contribution in [3.05, 3.63) is 36.1 Å². The Labute approximate surface area is 104 Å². The van der Waals surface area contributed by atoms with Gasteiger partial charge < -0.3 is 9.73 Å². The molecule has 2 nitrogen and oxygen atoms in total. The maximum absolute atomic E-state index is 14.5. The lowest BCUT2D eigenvalue weighted by molar-refractivity contribution is -0.0745. The SMILES string of the molecule is FC(F)(c1coc2ccccc12)C1CCNCC1. The van der Waals surface area contributed by atoms with Crippen molar-refractivity contribution in [1.82, 2.24) is 5.32 Å². The summed E-state index contributed by atoms with van der Waals surface area (Å²) in [6, 6.07) is 6.97. The molecule has 0 aliphatic carbocycles. The minimum absolute atomic E-state index is 0.0324. The topological polar surface area (TPSA) is 25.2 Å². The van der Waals surface area contributed by atoms with Gasteiger partial charge in [-0.15, -0.1) is 0 Å². The van der Waals surface area contributed by atoms with Crippen LogP contribution in [0.4, 0.5) is 8.78 Å². The van der Waals surface area contributed by atoms with E-state index in [1.807, 2.05) is 0 Å². The Hall–Kier alpha value is -1.42. The van der Waals surface area contributed by atoms with E-state index in [0.717, 1.165) is 0 Å². The number of rotatable bonds is 2. The summed E-state index contributed by atoms with van der Waals surface area (Å²) < 4.78 is 34.3. The van der Waals surface area contributed by atoms with E-state index in [4.69, 9.17) is 4.42 Å². The van der Waals surface area contributed by atoms with Gasteiger partial charge in [-0.05, 0) is 32.0 Å². The number of hydrogen-bond donors (Lipinski definition) is 1. The molecule has 0 spiro atoms. The van der Waals surface area contributed by atoms with E-state index >= 15 is 0 Å². The van der Waals surface area contributed by atoms with Gasteiger partial charge in [-0.1, -0.05) is 18.2 Å². The highest BCUT2D eigenvalue weighted by Crippen LogP contribution is 2.43. The van der Waals surface area contributed by atoms with Gasteiger partial charge in [0.05, 0.1) is 5.56 Å². The smallest absolute Gasteiger partial charge is 0.279 e. The maximum atomic E-state index is 14.5. The summed E-state index contributed by atoms with van der Waals surface area (Å²) >= 11 is 0. The number of hydrogen-bond acceptors (Lipinski definition) is 2. The zero-order valence-corrected chi connectivity index (χ0v) is 9.96. The summed E-state index contributed by atoms with van der Waals surface area (Å²) in [6.45, 7) is 1.33. The highest BCUT2D eigenvalue weighted by Gasteiger charge is 2.43. The Morgan fingerprint density at radius 1 is 1.17 bits per heavy atom. The van der Waals surface area contributed by atoms with Gasteiger partial charge in [0, 0.05) is 11.3 Å². The lowest BCUT2D eigenvalue weighted by atomic mass is 9.87. The summed E-state index contributed by atoms with van der Waals surface area (Å²) in [6.07, 6.45) is 2.23. The van der Waals surface area contributed by atoms with Crippen molar-refractivity contribution in [2.24, 2.45) is 5.92 Å². The normalized spacial score (nSPS) is 18.3. The van der Waals surface area contributed by atoms with Crippen LogP contribution in [0.2, 0.25) is 0 Å². The number of fused-ring (bicyclic) bond motifs is 1. The van der Waals surface area contributed by atoms with Crippen molar-refractivity contribution in [2.45, 2.75) is 18.8 Å². The molecule has 96 valence electrons. The van der Waals surface area contributed by atoms with E-state index < -0.39 is 11.8 Å². The lowest BCUT2D eigenvalue weighted by Gasteiger charge is -2.30. The number of furan rings is 1. The average molecular weight is 251 g/mol. The summed E-state index contributed by atoms with van der Waals surface area (Å²) in [5.74, 6) is -3.41. The van der Waals surface area contributed by atoms with Crippen LogP contribution in [0.25, 0.3) is 11.0 Å². The standard InChI is InChI=1S/C14H15F2NO/c15-14(16,10-5-7-17-8-6-10)12-9-18-13-4-2-1-3-11(12)13/h1-4,9-10,17H,5-8H2. The molecule has 1 aliphatic heterocycles. The molecule has 0 saturated carbocycles. The van der Waals surface area contributed by atoms with Gasteiger partial charge in [-0.3, -0.25) is 0 Å². The van der Waals surface area contributed by atoms with Crippen molar-refractivity contribution in [1.29, 1.82) is 0 Å². The van der Waals surface area contributed by atoms with E-state index in [0.29, 0.717) is 36.9 Å². The number of para-hydroxylation sites is 1. The second-order valence-corrected chi connectivity index (χ2v) is 4.79. The molecule has 1 aliphatic rings. The third-order valence-corrected chi connectivity index (χ3v) is 3.69. The molecule has 1 saturated heterocycles. The predicted molar refractivity (Wildman–Crippen MR) is 65.7 cm³/mol. The Bertz CT molecular complexity index is 543. The first-order valence-corrected chi connectivity index (χ1v) is 6.25. The molecule has 0 unspecified atom stereocenters. The van der Waals surface area contributed by atoms with Crippen LogP contribution >= 0.6 is 0 Å². The minimum Gasteiger partial charge on any atom is -0.464 e. The molecular weight excluding hydrogens is 236 g/mol. The molecule has 4 heteroatoms. The number of alkyl halides is 2. The highest BCUT2D eigenvalue weighted by atomic mass is 19.3. The lowest BCUT2D eigenvalue weighted by Crippen LogP contribution is -2.36. The van der Waals surface area contributed by atoms with Gasteiger partial charge in [-0.25, -0.2) is 8.78 Å². The van der Waals surface area contributed by atoms with Gasteiger partial charge in [0.1, 0.15) is 11.8 Å². The summed E-state index contributed by atoms with van der Waals surface area (Å²) in [5, 5.41) is 3.64. The molecule has 2 aromatic rings. The highest BCUT2D eigenvalue weighted by molar-refractivity contribution is 5.81. The Balaban J connectivity index is 2.01. The molecule has 1 aromatic heterocycles. The van der Waals surface area contributed by atoms with Crippen LogP contribution in [0.1, 0.15) is 18.4 Å². The molecular formula is C14H15F2NO. The molecule has 0 amide bonds. The van der Waals surface area contributed by atoms with Crippen molar-refractivity contribution in [2.75, 3.05) is 13.1 Å². The van der Waals surface area contributed by atoms with Gasteiger partial charge in [0.15, 0.2) is 0 Å². The van der Waals surface area contributed by atoms with Crippen LogP contribution in [-0.4, -0.2) is 13.1 Å². The molecule has 0 atom stereocenters. The monoisotopic (exact) mass is 251 g/mol. The van der Waals surface area contributed by atoms with E-state index in [1.165, 1.54) is 6.26 Å². The summed E-state index contributed by atoms with van der Waals surface area (Å²) in [7, 11) is 0. The fourth-order valence-electron chi connectivity index (χ4n) is 2.64. The van der Waals surface area contributed by atoms with Crippen LogP contribution < -0.4 is 5.32 Å². The van der Waals surface area contributed by atoms with Crippen LogP contribution in [0.3, 0.4) is 0 Å². The fraction of sp³-hybridized carbons (Fsp3) is 0.429. The van der Waals surface area contributed by atoms with Gasteiger partial charge in [-0.2, -0.15) is 0 Å². The number of halogens is 2. The van der Waals surface area contributed by atoms with E-state index in [2.05, 4.69) is 5.32 Å². The van der Waals surface area contributed by atoms with Crippen molar-refractivity contribution >= 4 is 11.0 Å². The second-order valence-electron chi connectivity index (χ2n) is 4.79. The molecule has 3 rings (SSSR count). The zero-order valence-electron chi connectivity index (χ0n) is 9.96. The van der Waals surface area contributed by atoms with Crippen LogP contribution in [0.15, 0.2) is 34.9 Å². The average Bonchev–Trinajstić information content (AvgIpc) is 2.84. The van der Waals surface area contributed by atoms with Gasteiger partial charge in [0.25, 0.3) is 5.92 Å². The third-order valence-electron chi connectivity index (χ3n) is 3.69. The first-order chi connectivity index (χ1) is 8.69. The summed E-state index contributed by atoms with van der Waals surface area (Å²) in [5.41, 5.74) is 0.561. The molecule has 0 bridgehead atoms. The van der Waals surface area contributed by atoms with E-state index in [1.54, 1.807) is 24.3 Å². The molecule has 1 aromatic carbocycles. The van der Waals surface area contributed by atoms with Crippen molar-refractivity contribution in [3.63, 3.8) is 0 Å². The Morgan fingerprint density at radius 2 is 1.89 bits per heavy atom. The fourth-order valence-corrected chi connectivity index (χ4v) is 2.64. The van der Waals surface area contributed by atoms with Crippen LogP contribution in [-0.2, 0) is 5.92 Å². The number of nitrogens with one attached hydrogen (secondary N) is 1. The van der Waals surface area contributed by atoms with Crippen molar-refractivity contribution < 1.29 is 13.2 Å². The number of benzene rings is 1. The Kier molecular flexibility index (Phi) is 2.82. The predicted octanol–water partition coefficient (Wildman–Crippen LogP) is 3.52. The largest absolute Gasteiger partial charge is 0.464 e. The minimum atomic E-state index is -2.81. The van der Waals surface area contributed by atoms with Crippen molar-refractivity contribution in [3.8, 4) is 0 Å². The molecule has 1 fully saturated rings. The molecule has 2 heterocycles. The number of piperidine rings is 1. The van der Waals surface area contributed by atoms with E-state index in [9.17, 15) is 8.78 Å². The zero-order chi connectivity index (χ0) is 12.6. The molecule has 1 N–H and O–H groups in total. The quantitative estimate of drug-likeness (QED) is 0.883. The molecule has 0 radical (unpaired) electrons. The van der Waals surface area contributed by atoms with Crippen LogP contribution in [0.5, 0.6) is 0 Å². The summed E-state index contributed by atoms with van der Waals surface area (Å²) in [4.78, 5) is 0.